The smallest absolute Gasteiger partial charge is 0.334 e. The zero-order valence-corrected chi connectivity index (χ0v) is 9.73. The number of aliphatic carboxylic acids is 2. The molecule has 0 fully saturated rings. The Hall–Kier alpha value is -1.98. The predicted octanol–water partition coefficient (Wildman–Crippen LogP) is 0.257. The maximum absolute atomic E-state index is 11.3. The number of carbonyl (C=O) groups is 2. The maximum atomic E-state index is 11.3. The normalized spacial score (nSPS) is 28.8. The average Bonchev–Trinajstić information content (AvgIpc) is 2.22. The summed E-state index contributed by atoms with van der Waals surface area (Å²) < 4.78 is 0. The van der Waals surface area contributed by atoms with E-state index in [0.717, 1.165) is 0 Å². The molecule has 1 rings (SSSR count). The molecule has 1 aliphatic rings. The van der Waals surface area contributed by atoms with Crippen molar-refractivity contribution < 1.29 is 19.8 Å². The molecule has 0 aromatic rings. The predicted molar refractivity (Wildman–Crippen MR) is 60.6 cm³/mol. The van der Waals surface area contributed by atoms with Gasteiger partial charge in [-0.2, -0.15) is 0 Å². The van der Waals surface area contributed by atoms with Crippen LogP contribution in [0.15, 0.2) is 23.0 Å². The van der Waals surface area contributed by atoms with Crippen LogP contribution in [0.25, 0.3) is 0 Å². The number of rotatable bonds is 3. The lowest BCUT2D eigenvalue weighted by Crippen LogP contribution is -2.42. The number of nitrogens with two attached hydrogens (primary N) is 2. The topological polar surface area (TPSA) is 127 Å². The Bertz CT molecular complexity index is 439. The van der Waals surface area contributed by atoms with Crippen LogP contribution in [0.3, 0.4) is 0 Å². The van der Waals surface area contributed by atoms with Gasteiger partial charge in [0.05, 0.1) is 22.4 Å². The summed E-state index contributed by atoms with van der Waals surface area (Å²) in [4.78, 5) is 22.5. The van der Waals surface area contributed by atoms with Crippen molar-refractivity contribution in [1.82, 2.24) is 0 Å². The molecule has 6 nitrogen and oxygen atoms in total. The molecular formula is C11H16N2O4. The fraction of sp³-hybridized carbons (Fsp3) is 0.455. The van der Waals surface area contributed by atoms with Gasteiger partial charge in [-0.3, -0.25) is 4.79 Å². The quantitative estimate of drug-likeness (QED) is 0.560. The molecule has 6 heteroatoms. The molecule has 0 aromatic carbocycles. The van der Waals surface area contributed by atoms with E-state index >= 15 is 0 Å². The second-order valence-electron chi connectivity index (χ2n) is 4.28. The van der Waals surface area contributed by atoms with Gasteiger partial charge in [0.25, 0.3) is 0 Å². The molecule has 0 radical (unpaired) electrons. The van der Waals surface area contributed by atoms with Crippen LogP contribution in [0.2, 0.25) is 0 Å². The molecule has 0 saturated carbocycles. The maximum Gasteiger partial charge on any atom is 0.334 e. The molecular weight excluding hydrogens is 224 g/mol. The van der Waals surface area contributed by atoms with Crippen LogP contribution in [-0.4, -0.2) is 22.2 Å². The van der Waals surface area contributed by atoms with Gasteiger partial charge in [0.15, 0.2) is 0 Å². The highest BCUT2D eigenvalue weighted by molar-refractivity contribution is 5.92. The highest BCUT2D eigenvalue weighted by Gasteiger charge is 2.46. The largest absolute Gasteiger partial charge is 0.481 e. The van der Waals surface area contributed by atoms with E-state index in [1.165, 1.54) is 13.0 Å². The van der Waals surface area contributed by atoms with E-state index in [4.69, 9.17) is 16.6 Å². The Morgan fingerprint density at radius 2 is 1.94 bits per heavy atom. The van der Waals surface area contributed by atoms with Crippen LogP contribution >= 0.6 is 0 Å². The van der Waals surface area contributed by atoms with E-state index in [0.29, 0.717) is 6.42 Å². The molecule has 0 amide bonds. The van der Waals surface area contributed by atoms with Crippen LogP contribution in [0.5, 0.6) is 0 Å². The van der Waals surface area contributed by atoms with Crippen molar-refractivity contribution in [2.75, 3.05) is 0 Å². The summed E-state index contributed by atoms with van der Waals surface area (Å²) in [6, 6.07) is 0. The standard InChI is InChI=1S/C11H16N2O4/c1-3-5-7(9(14)15)8(13)6(12)4-11(5,2)10(16)17/h4-5H,3,12-13H2,1-2H3,(H,14,15)(H,16,17). The summed E-state index contributed by atoms with van der Waals surface area (Å²) in [5.74, 6) is -3.03. The van der Waals surface area contributed by atoms with Gasteiger partial charge in [-0.15, -0.1) is 0 Å². The van der Waals surface area contributed by atoms with Crippen LogP contribution in [0.1, 0.15) is 20.3 Å². The lowest BCUT2D eigenvalue weighted by atomic mass is 9.67. The SMILES string of the molecule is CCC1C(C(=O)O)=C(N)C(N)=CC1(C)C(=O)O. The summed E-state index contributed by atoms with van der Waals surface area (Å²) >= 11 is 0. The van der Waals surface area contributed by atoms with Crippen LogP contribution in [0.4, 0.5) is 0 Å². The average molecular weight is 240 g/mol. The third-order valence-corrected chi connectivity index (χ3v) is 3.23. The van der Waals surface area contributed by atoms with E-state index in [9.17, 15) is 14.7 Å². The molecule has 2 unspecified atom stereocenters. The van der Waals surface area contributed by atoms with Crippen molar-refractivity contribution in [2.45, 2.75) is 20.3 Å². The van der Waals surface area contributed by atoms with Crippen LogP contribution < -0.4 is 11.5 Å². The summed E-state index contributed by atoms with van der Waals surface area (Å²) in [6.07, 6.45) is 1.68. The van der Waals surface area contributed by atoms with E-state index < -0.39 is 23.3 Å². The first-order valence-electron chi connectivity index (χ1n) is 5.20. The summed E-state index contributed by atoms with van der Waals surface area (Å²) in [5, 5.41) is 18.4. The first-order valence-corrected chi connectivity index (χ1v) is 5.20. The van der Waals surface area contributed by atoms with E-state index in [-0.39, 0.29) is 17.0 Å². The van der Waals surface area contributed by atoms with Gasteiger partial charge in [0.1, 0.15) is 0 Å². The zero-order valence-electron chi connectivity index (χ0n) is 9.73. The molecule has 1 aliphatic carbocycles. The van der Waals surface area contributed by atoms with Crippen molar-refractivity contribution in [3.05, 3.63) is 23.0 Å². The third-order valence-electron chi connectivity index (χ3n) is 3.23. The molecule has 0 aliphatic heterocycles. The highest BCUT2D eigenvalue weighted by Crippen LogP contribution is 2.42. The van der Waals surface area contributed by atoms with E-state index in [1.807, 2.05) is 0 Å². The molecule has 2 atom stereocenters. The Labute approximate surface area is 98.6 Å². The lowest BCUT2D eigenvalue weighted by molar-refractivity contribution is -0.148. The van der Waals surface area contributed by atoms with Crippen molar-refractivity contribution >= 4 is 11.9 Å². The van der Waals surface area contributed by atoms with Gasteiger partial charge in [-0.1, -0.05) is 6.92 Å². The molecule has 0 saturated heterocycles. The molecule has 0 aromatic heterocycles. The Morgan fingerprint density at radius 1 is 1.41 bits per heavy atom. The van der Waals surface area contributed by atoms with E-state index in [2.05, 4.69) is 0 Å². The third kappa shape index (κ3) is 1.86. The first-order chi connectivity index (χ1) is 7.75. The summed E-state index contributed by atoms with van der Waals surface area (Å²) in [7, 11) is 0. The molecule has 94 valence electrons. The summed E-state index contributed by atoms with van der Waals surface area (Å²) in [6.45, 7) is 3.17. The van der Waals surface area contributed by atoms with Gasteiger partial charge in [-0.25, -0.2) is 4.79 Å². The van der Waals surface area contributed by atoms with Gasteiger partial charge in [-0.05, 0) is 19.4 Å². The Kier molecular flexibility index (Phi) is 3.17. The van der Waals surface area contributed by atoms with Crippen LogP contribution in [0, 0.1) is 11.3 Å². The number of hydrogen-bond acceptors (Lipinski definition) is 4. The minimum absolute atomic E-state index is 0.0111. The van der Waals surface area contributed by atoms with Crippen molar-refractivity contribution in [3.8, 4) is 0 Å². The number of carboxylic acids is 2. The van der Waals surface area contributed by atoms with Crippen molar-refractivity contribution in [3.63, 3.8) is 0 Å². The fourth-order valence-corrected chi connectivity index (χ4v) is 2.25. The number of carboxylic acid groups (broad SMARTS) is 2. The fourth-order valence-electron chi connectivity index (χ4n) is 2.25. The van der Waals surface area contributed by atoms with Gasteiger partial charge in [0, 0.05) is 5.92 Å². The minimum atomic E-state index is -1.34. The monoisotopic (exact) mass is 240 g/mol. The van der Waals surface area contributed by atoms with Crippen molar-refractivity contribution in [2.24, 2.45) is 22.8 Å². The van der Waals surface area contributed by atoms with Crippen LogP contribution in [-0.2, 0) is 9.59 Å². The number of hydrogen-bond donors (Lipinski definition) is 4. The molecule has 0 heterocycles. The Balaban J connectivity index is 3.47. The zero-order chi connectivity index (χ0) is 13.4. The lowest BCUT2D eigenvalue weighted by Gasteiger charge is -2.35. The highest BCUT2D eigenvalue weighted by atomic mass is 16.4. The van der Waals surface area contributed by atoms with Gasteiger partial charge >= 0.3 is 11.9 Å². The molecule has 17 heavy (non-hydrogen) atoms. The van der Waals surface area contributed by atoms with Gasteiger partial charge < -0.3 is 21.7 Å². The Morgan fingerprint density at radius 3 is 2.29 bits per heavy atom. The molecule has 6 N–H and O–H groups in total. The first kappa shape index (κ1) is 13.1. The molecule has 0 spiro atoms. The second-order valence-corrected chi connectivity index (χ2v) is 4.28. The minimum Gasteiger partial charge on any atom is -0.481 e. The van der Waals surface area contributed by atoms with Gasteiger partial charge in [0.2, 0.25) is 0 Å². The summed E-state index contributed by atoms with van der Waals surface area (Å²) in [5.41, 5.74) is 9.73. The molecule has 0 bridgehead atoms. The van der Waals surface area contributed by atoms with Crippen molar-refractivity contribution in [1.29, 1.82) is 0 Å². The second kappa shape index (κ2) is 4.12. The van der Waals surface area contributed by atoms with E-state index in [1.54, 1.807) is 6.92 Å².